The number of benzene rings is 1. The van der Waals surface area contributed by atoms with E-state index in [1.807, 2.05) is 0 Å². The molecule has 104 valence electrons. The molecule has 0 bridgehead atoms. The van der Waals surface area contributed by atoms with E-state index in [-0.39, 0.29) is 6.04 Å². The van der Waals surface area contributed by atoms with Crippen molar-refractivity contribution in [3.8, 4) is 0 Å². The first-order valence-electron chi connectivity index (χ1n) is 5.81. The van der Waals surface area contributed by atoms with Crippen molar-refractivity contribution in [3.63, 3.8) is 0 Å². The Labute approximate surface area is 108 Å². The fourth-order valence-corrected chi connectivity index (χ4v) is 2.54. The van der Waals surface area contributed by atoms with E-state index in [2.05, 4.69) is 0 Å². The summed E-state index contributed by atoms with van der Waals surface area (Å²) in [4.78, 5) is 11.9. The fraction of sp³-hybridized carbons (Fsp3) is 0.462. The fourth-order valence-electron chi connectivity index (χ4n) is 2.54. The molecule has 2 N–H and O–H groups in total. The van der Waals surface area contributed by atoms with E-state index in [0.717, 1.165) is 12.1 Å². The van der Waals surface area contributed by atoms with Gasteiger partial charge in [-0.05, 0) is 24.5 Å². The lowest BCUT2D eigenvalue weighted by molar-refractivity contribution is -0.152. The molecule has 1 aliphatic carbocycles. The van der Waals surface area contributed by atoms with Crippen LogP contribution in [0.3, 0.4) is 0 Å². The number of carbonyl (C=O) groups is 1. The van der Waals surface area contributed by atoms with Crippen molar-refractivity contribution < 1.29 is 22.7 Å². The van der Waals surface area contributed by atoms with Crippen LogP contribution in [0.5, 0.6) is 0 Å². The quantitative estimate of drug-likeness (QED) is 0.841. The summed E-state index contributed by atoms with van der Waals surface area (Å²) in [7, 11) is 1.22. The second kappa shape index (κ2) is 4.52. The van der Waals surface area contributed by atoms with Crippen molar-refractivity contribution in [2.24, 2.45) is 5.73 Å². The Bertz CT molecular complexity index is 493. The molecule has 2 rings (SSSR count). The molecular formula is C13H14F3NO2. The minimum Gasteiger partial charge on any atom is -0.468 e. The number of halogens is 3. The molecule has 0 atom stereocenters. The number of nitrogens with two attached hydrogens (primary N) is 1. The highest BCUT2D eigenvalue weighted by Crippen LogP contribution is 2.45. The zero-order valence-corrected chi connectivity index (χ0v) is 10.3. The molecule has 1 aromatic carbocycles. The van der Waals surface area contributed by atoms with Gasteiger partial charge in [0.05, 0.1) is 18.1 Å². The average Bonchev–Trinajstić information content (AvgIpc) is 2.33. The smallest absolute Gasteiger partial charge is 0.416 e. The molecule has 1 fully saturated rings. The number of ether oxygens (including phenoxy) is 1. The second-order valence-corrected chi connectivity index (χ2v) is 4.82. The van der Waals surface area contributed by atoms with Crippen LogP contribution >= 0.6 is 0 Å². The Hall–Kier alpha value is -1.56. The van der Waals surface area contributed by atoms with E-state index < -0.39 is 23.1 Å². The van der Waals surface area contributed by atoms with Crippen LogP contribution in [0.2, 0.25) is 0 Å². The highest BCUT2D eigenvalue weighted by atomic mass is 19.4. The Morgan fingerprint density at radius 1 is 1.42 bits per heavy atom. The molecule has 3 nitrogen and oxygen atoms in total. The third-order valence-corrected chi connectivity index (χ3v) is 3.54. The van der Waals surface area contributed by atoms with Crippen molar-refractivity contribution >= 4 is 5.97 Å². The van der Waals surface area contributed by atoms with E-state index in [0.29, 0.717) is 18.4 Å². The van der Waals surface area contributed by atoms with E-state index in [1.54, 1.807) is 0 Å². The number of carbonyl (C=O) groups excluding carboxylic acids is 1. The molecule has 0 saturated heterocycles. The summed E-state index contributed by atoms with van der Waals surface area (Å²) >= 11 is 0. The number of alkyl halides is 3. The molecule has 0 spiro atoms. The molecule has 0 aliphatic heterocycles. The minimum atomic E-state index is -4.43. The highest BCUT2D eigenvalue weighted by Gasteiger charge is 2.51. The average molecular weight is 273 g/mol. The molecule has 19 heavy (non-hydrogen) atoms. The molecule has 0 unspecified atom stereocenters. The van der Waals surface area contributed by atoms with Crippen LogP contribution in [0.1, 0.15) is 24.0 Å². The first-order chi connectivity index (χ1) is 8.79. The van der Waals surface area contributed by atoms with Gasteiger partial charge in [-0.15, -0.1) is 0 Å². The first kappa shape index (κ1) is 13.9. The van der Waals surface area contributed by atoms with Crippen LogP contribution in [-0.2, 0) is 21.1 Å². The zero-order chi connectivity index (χ0) is 14.3. The first-order valence-corrected chi connectivity index (χ1v) is 5.81. The normalized spacial score (nSPS) is 26.7. The van der Waals surface area contributed by atoms with Gasteiger partial charge in [-0.1, -0.05) is 18.2 Å². The molecule has 0 heterocycles. The Balaban J connectivity index is 2.42. The molecule has 6 heteroatoms. The Kier molecular flexibility index (Phi) is 3.30. The van der Waals surface area contributed by atoms with Gasteiger partial charge in [-0.3, -0.25) is 4.79 Å². The maximum Gasteiger partial charge on any atom is 0.416 e. The third kappa shape index (κ3) is 2.32. The number of rotatable bonds is 2. The van der Waals surface area contributed by atoms with Crippen molar-refractivity contribution in [2.45, 2.75) is 30.5 Å². The van der Waals surface area contributed by atoms with Gasteiger partial charge in [-0.25, -0.2) is 0 Å². The second-order valence-electron chi connectivity index (χ2n) is 4.82. The molecule has 1 aromatic rings. The maximum absolute atomic E-state index is 12.7. The summed E-state index contributed by atoms with van der Waals surface area (Å²) in [6.45, 7) is 0. The molecular weight excluding hydrogens is 259 g/mol. The van der Waals surface area contributed by atoms with E-state index in [9.17, 15) is 18.0 Å². The predicted octanol–water partition coefficient (Wildman–Crippen LogP) is 2.24. The van der Waals surface area contributed by atoms with Crippen LogP contribution in [0.15, 0.2) is 24.3 Å². The van der Waals surface area contributed by atoms with Gasteiger partial charge >= 0.3 is 12.1 Å². The summed E-state index contributed by atoms with van der Waals surface area (Å²) in [5.41, 5.74) is 4.19. The van der Waals surface area contributed by atoms with Crippen molar-refractivity contribution in [2.75, 3.05) is 7.11 Å². The molecule has 0 aromatic heterocycles. The van der Waals surface area contributed by atoms with Gasteiger partial charge in [0.2, 0.25) is 0 Å². The molecule has 0 radical (unpaired) electrons. The van der Waals surface area contributed by atoms with Gasteiger partial charge in [0.25, 0.3) is 0 Å². The molecule has 0 amide bonds. The Morgan fingerprint density at radius 2 is 2.05 bits per heavy atom. The maximum atomic E-state index is 12.7. The van der Waals surface area contributed by atoms with Crippen molar-refractivity contribution in [3.05, 3.63) is 35.4 Å². The van der Waals surface area contributed by atoms with Crippen LogP contribution < -0.4 is 5.73 Å². The number of methoxy groups -OCH3 is 1. The molecule has 1 saturated carbocycles. The van der Waals surface area contributed by atoms with Crippen LogP contribution in [0.25, 0.3) is 0 Å². The van der Waals surface area contributed by atoms with E-state index >= 15 is 0 Å². The summed E-state index contributed by atoms with van der Waals surface area (Å²) in [5.74, 6) is -0.534. The van der Waals surface area contributed by atoms with Gasteiger partial charge in [0.1, 0.15) is 0 Å². The van der Waals surface area contributed by atoms with E-state index in [4.69, 9.17) is 10.5 Å². The molecule has 1 aliphatic rings. The van der Waals surface area contributed by atoms with Gasteiger partial charge < -0.3 is 10.5 Å². The lowest BCUT2D eigenvalue weighted by Gasteiger charge is -2.44. The topological polar surface area (TPSA) is 52.3 Å². The third-order valence-electron chi connectivity index (χ3n) is 3.54. The number of hydrogen-bond acceptors (Lipinski definition) is 3. The van der Waals surface area contributed by atoms with Crippen molar-refractivity contribution in [1.29, 1.82) is 0 Å². The van der Waals surface area contributed by atoms with Crippen LogP contribution in [0, 0.1) is 0 Å². The zero-order valence-electron chi connectivity index (χ0n) is 10.3. The monoisotopic (exact) mass is 273 g/mol. The summed E-state index contributed by atoms with van der Waals surface area (Å²) in [6, 6.07) is 4.61. The van der Waals surface area contributed by atoms with Crippen molar-refractivity contribution in [1.82, 2.24) is 0 Å². The van der Waals surface area contributed by atoms with E-state index in [1.165, 1.54) is 19.2 Å². The van der Waals surface area contributed by atoms with Gasteiger partial charge in [-0.2, -0.15) is 13.2 Å². The highest BCUT2D eigenvalue weighted by molar-refractivity contribution is 5.84. The van der Waals surface area contributed by atoms with Crippen LogP contribution in [-0.4, -0.2) is 19.1 Å². The summed E-state index contributed by atoms with van der Waals surface area (Å²) in [5, 5.41) is 0. The van der Waals surface area contributed by atoms with Gasteiger partial charge in [0.15, 0.2) is 0 Å². The largest absolute Gasteiger partial charge is 0.468 e. The summed E-state index contributed by atoms with van der Waals surface area (Å²) < 4.78 is 42.8. The lowest BCUT2D eigenvalue weighted by atomic mass is 9.61. The lowest BCUT2D eigenvalue weighted by Crippen LogP contribution is -2.54. The standard InChI is InChI=1S/C13H14F3NO2/c1-19-11(18)12(6-10(17)7-12)8-3-2-4-9(5-8)13(14,15)16/h2-5,10H,6-7,17H2,1H3. The SMILES string of the molecule is COC(=O)C1(c2cccc(C(F)(F)F)c2)CC(N)C1. The Morgan fingerprint density at radius 3 is 2.53 bits per heavy atom. The minimum absolute atomic E-state index is 0.186. The van der Waals surface area contributed by atoms with Gasteiger partial charge in [0, 0.05) is 6.04 Å². The number of esters is 1. The predicted molar refractivity (Wildman–Crippen MR) is 62.3 cm³/mol. The summed E-state index contributed by atoms with van der Waals surface area (Å²) in [6.07, 6.45) is -3.82. The number of hydrogen-bond donors (Lipinski definition) is 1. The van der Waals surface area contributed by atoms with Crippen LogP contribution in [0.4, 0.5) is 13.2 Å².